The van der Waals surface area contributed by atoms with Crippen LogP contribution in [0.5, 0.6) is 0 Å². The molecule has 0 unspecified atom stereocenters. The molecule has 0 aromatic rings. The van der Waals surface area contributed by atoms with Gasteiger partial charge in [0.05, 0.1) is 25.4 Å². The Morgan fingerprint density at radius 3 is 2.02 bits per heavy atom. The zero-order valence-electron chi connectivity index (χ0n) is 27.3. The highest BCUT2D eigenvalue weighted by atomic mass is 31.2. The maximum Gasteiger partial charge on any atom is 0.469 e. The molecule has 0 radical (unpaired) electrons. The lowest BCUT2D eigenvalue weighted by molar-refractivity contribution is -0.371. The van der Waals surface area contributed by atoms with E-state index < -0.39 is 131 Å². The molecule has 2 heterocycles. The van der Waals surface area contributed by atoms with Crippen molar-refractivity contribution >= 4 is 25.5 Å². The lowest BCUT2D eigenvalue weighted by atomic mass is 9.97. The molecule has 50 heavy (non-hydrogen) atoms. The van der Waals surface area contributed by atoms with Crippen LogP contribution in [0.15, 0.2) is 0 Å². The van der Waals surface area contributed by atoms with Gasteiger partial charge in [0.25, 0.3) is 0 Å². The number of aliphatic hydroxyl groups excluding tert-OH is 7. The highest BCUT2D eigenvalue weighted by Crippen LogP contribution is 2.37. The van der Waals surface area contributed by atoms with Gasteiger partial charge in [0.1, 0.15) is 67.0 Å². The summed E-state index contributed by atoms with van der Waals surface area (Å²) < 4.78 is 37.7. The van der Waals surface area contributed by atoms with Crippen molar-refractivity contribution in [2.45, 2.75) is 125 Å². The quantitative estimate of drug-likeness (QED) is 0.0430. The Morgan fingerprint density at radius 2 is 1.48 bits per heavy atom. The van der Waals surface area contributed by atoms with E-state index in [-0.39, 0.29) is 13.0 Å². The minimum Gasteiger partial charge on any atom is -0.394 e. The smallest absolute Gasteiger partial charge is 0.394 e. The lowest BCUT2D eigenvalue weighted by Gasteiger charge is -2.46. The summed E-state index contributed by atoms with van der Waals surface area (Å²) >= 11 is 0. The van der Waals surface area contributed by atoms with Gasteiger partial charge >= 0.3 is 7.82 Å². The number of carbonyl (C=O) groups is 3. The minimum atomic E-state index is -5.07. The fraction of sp³-hybridized carbons (Fsp3) is 0.885. The highest BCUT2D eigenvalue weighted by molar-refractivity contribution is 7.46. The Hall–Kier alpha value is -2.00. The number of rotatable bonds is 19. The van der Waals surface area contributed by atoms with Gasteiger partial charge in [-0.15, -0.1) is 0 Å². The van der Waals surface area contributed by atoms with Crippen LogP contribution in [-0.2, 0) is 42.4 Å². The van der Waals surface area contributed by atoms with Gasteiger partial charge in [0.15, 0.2) is 12.6 Å². The van der Waals surface area contributed by atoms with Crippen molar-refractivity contribution in [1.82, 2.24) is 10.6 Å². The molecular formula is C26H50N5O18P. The fourth-order valence-corrected chi connectivity index (χ4v) is 5.37. The molecule has 3 amide bonds. The molecule has 24 heteroatoms. The number of nitrogens with one attached hydrogen (secondary N) is 2. The van der Waals surface area contributed by atoms with E-state index >= 15 is 0 Å². The van der Waals surface area contributed by atoms with Crippen LogP contribution in [0, 0.1) is 0 Å². The van der Waals surface area contributed by atoms with Gasteiger partial charge in [-0.25, -0.2) is 4.57 Å². The van der Waals surface area contributed by atoms with E-state index in [1.165, 1.54) is 13.8 Å². The number of phosphoric ester groups is 1. The van der Waals surface area contributed by atoms with E-state index in [4.69, 9.17) is 45.9 Å². The third kappa shape index (κ3) is 12.3. The van der Waals surface area contributed by atoms with Gasteiger partial charge in [-0.2, -0.15) is 0 Å². The SMILES string of the molecule is C[C@@H](O)[C@H](NC(=O)[C@H](CCCCN)NC(=O)[C@@H](N)[C@@H](C)O[C@H]1O[C@H](CO)[C@@H](O)[C@H](O)[C@@H]1O[C@H]1O[C@H](COP(=O)(O)O)[C@@H](O)[C@H](O)[C@@H]1O)C(N)=O. The predicted molar refractivity (Wildman–Crippen MR) is 163 cm³/mol. The van der Waals surface area contributed by atoms with E-state index in [1.54, 1.807) is 0 Å². The van der Waals surface area contributed by atoms with Crippen LogP contribution in [-0.4, -0.2) is 175 Å². The molecule has 2 aliphatic rings. The second kappa shape index (κ2) is 19.7. The normalized spacial score (nSPS) is 33.5. The summed E-state index contributed by atoms with van der Waals surface area (Å²) in [6.45, 7) is 0.938. The van der Waals surface area contributed by atoms with Crippen LogP contribution < -0.4 is 27.8 Å². The number of hydrogen-bond donors (Lipinski definition) is 14. The second-order valence-electron chi connectivity index (χ2n) is 12.0. The number of amides is 3. The minimum absolute atomic E-state index is 0.0381. The topological polar surface area (TPSA) is 399 Å². The zero-order valence-corrected chi connectivity index (χ0v) is 28.2. The first-order valence-corrected chi connectivity index (χ1v) is 17.1. The third-order valence-electron chi connectivity index (χ3n) is 8.02. The standard InChI is InChI=1S/C26H50N5O18P/c1-9(33)15(22(29)39)31-23(40)11(5-3-4-6-27)30-24(41)14(28)10(2)46-26-21(19(37)16(34)12(7-32)47-26)49-25-20(38)18(36)17(35)13(48-25)8-45-50(42,43)44/h9-21,25-26,32-38H,3-8,27-28H2,1-2H3,(H2,29,39)(H,30,41)(H,31,40)(H2,42,43,44)/t9-,10-,11+,12-,13-,14+,15+,16-,17-,18+,19+,20+,21+,25-,26+/m1/s1. The summed E-state index contributed by atoms with van der Waals surface area (Å²) in [5.41, 5.74) is 16.9. The maximum absolute atomic E-state index is 13.2. The molecule has 0 aromatic carbocycles. The van der Waals surface area contributed by atoms with Crippen LogP contribution in [0.3, 0.4) is 0 Å². The summed E-state index contributed by atoms with van der Waals surface area (Å²) in [6, 6.07) is -4.34. The number of nitrogens with two attached hydrogens (primary N) is 3. The molecule has 2 fully saturated rings. The summed E-state index contributed by atoms with van der Waals surface area (Å²) in [5.74, 6) is -2.85. The predicted octanol–water partition coefficient (Wildman–Crippen LogP) is -7.58. The van der Waals surface area contributed by atoms with Gasteiger partial charge in [0.2, 0.25) is 17.7 Å². The van der Waals surface area contributed by atoms with Gasteiger partial charge in [-0.05, 0) is 39.7 Å². The largest absolute Gasteiger partial charge is 0.469 e. The Balaban J connectivity index is 2.24. The fourth-order valence-electron chi connectivity index (χ4n) is 5.02. The summed E-state index contributed by atoms with van der Waals surface area (Å²) in [6.07, 6.45) is -20.4. The third-order valence-corrected chi connectivity index (χ3v) is 8.50. The Morgan fingerprint density at radius 1 is 0.880 bits per heavy atom. The van der Waals surface area contributed by atoms with Crippen molar-refractivity contribution in [2.75, 3.05) is 19.8 Å². The van der Waals surface area contributed by atoms with Gasteiger partial charge in [0, 0.05) is 0 Å². The molecule has 2 rings (SSSR count). The van der Waals surface area contributed by atoms with Crippen molar-refractivity contribution in [1.29, 1.82) is 0 Å². The van der Waals surface area contributed by atoms with Gasteiger partial charge in [-0.3, -0.25) is 18.9 Å². The molecule has 17 N–H and O–H groups in total. The first kappa shape index (κ1) is 44.2. The van der Waals surface area contributed by atoms with Crippen LogP contribution >= 0.6 is 7.82 Å². The van der Waals surface area contributed by atoms with E-state index in [0.29, 0.717) is 12.8 Å². The van der Waals surface area contributed by atoms with Crippen LogP contribution in [0.25, 0.3) is 0 Å². The number of primary amides is 1. The second-order valence-corrected chi connectivity index (χ2v) is 13.2. The van der Waals surface area contributed by atoms with Crippen LogP contribution in [0.2, 0.25) is 0 Å². The summed E-state index contributed by atoms with van der Waals surface area (Å²) in [4.78, 5) is 55.9. The van der Waals surface area contributed by atoms with E-state index in [9.17, 15) is 54.7 Å². The monoisotopic (exact) mass is 751 g/mol. The molecule has 0 saturated carbocycles. The maximum atomic E-state index is 13.2. The van der Waals surface area contributed by atoms with E-state index in [0.717, 1.165) is 0 Å². The molecule has 292 valence electrons. The Labute approximate surface area is 286 Å². The first-order valence-electron chi connectivity index (χ1n) is 15.6. The van der Waals surface area contributed by atoms with E-state index in [2.05, 4.69) is 15.2 Å². The number of carbonyl (C=O) groups excluding carboxylic acids is 3. The van der Waals surface area contributed by atoms with Gasteiger partial charge < -0.3 is 92.3 Å². The number of hydrogen-bond acceptors (Lipinski definition) is 18. The van der Waals surface area contributed by atoms with E-state index in [1.807, 2.05) is 0 Å². The first-order chi connectivity index (χ1) is 23.2. The number of unbranched alkanes of at least 4 members (excludes halogenated alkanes) is 1. The van der Waals surface area contributed by atoms with Crippen molar-refractivity contribution in [3.05, 3.63) is 0 Å². The number of ether oxygens (including phenoxy) is 4. The molecular weight excluding hydrogens is 701 g/mol. The number of phosphoric acid groups is 1. The van der Waals surface area contributed by atoms with Gasteiger partial charge in [-0.1, -0.05) is 0 Å². The van der Waals surface area contributed by atoms with Crippen molar-refractivity contribution in [3.8, 4) is 0 Å². The van der Waals surface area contributed by atoms with Crippen molar-refractivity contribution in [3.63, 3.8) is 0 Å². The molecule has 15 atom stereocenters. The molecule has 2 aliphatic heterocycles. The van der Waals surface area contributed by atoms with Crippen molar-refractivity contribution < 1.29 is 88.0 Å². The van der Waals surface area contributed by atoms with Crippen LogP contribution in [0.4, 0.5) is 0 Å². The molecule has 0 spiro atoms. The van der Waals surface area contributed by atoms with Crippen molar-refractivity contribution in [2.24, 2.45) is 17.2 Å². The highest BCUT2D eigenvalue weighted by Gasteiger charge is 2.52. The average molecular weight is 752 g/mol. The Kier molecular flexibility index (Phi) is 17.4. The molecule has 0 aromatic heterocycles. The lowest BCUT2D eigenvalue weighted by Crippen LogP contribution is -2.65. The average Bonchev–Trinajstić information content (AvgIpc) is 3.04. The molecule has 0 bridgehead atoms. The van der Waals surface area contributed by atoms with Crippen LogP contribution in [0.1, 0.15) is 33.1 Å². The molecule has 23 nitrogen and oxygen atoms in total. The number of aliphatic hydroxyl groups is 7. The summed E-state index contributed by atoms with van der Waals surface area (Å²) in [7, 11) is -5.07. The Bertz CT molecular complexity index is 1150. The molecule has 0 aliphatic carbocycles. The molecule has 2 saturated heterocycles. The summed E-state index contributed by atoms with van der Waals surface area (Å²) in [5, 5.41) is 76.6. The zero-order chi connectivity index (χ0) is 38.1.